The predicted octanol–water partition coefficient (Wildman–Crippen LogP) is 4.14. The second-order valence-corrected chi connectivity index (χ2v) is 5.07. The Balaban J connectivity index is 1.69. The zero-order valence-corrected chi connectivity index (χ0v) is 12.5. The normalized spacial score (nSPS) is 10.2. The molecule has 3 rings (SSSR count). The Hall–Kier alpha value is -2.88. The first-order valence-corrected chi connectivity index (χ1v) is 7.24. The minimum atomic E-state index is 0.738. The van der Waals surface area contributed by atoms with Gasteiger partial charge in [0.05, 0.1) is 0 Å². The summed E-state index contributed by atoms with van der Waals surface area (Å²) in [5.74, 6) is 1.58. The van der Waals surface area contributed by atoms with Crippen LogP contribution in [0.15, 0.2) is 67.0 Å². The van der Waals surface area contributed by atoms with E-state index >= 15 is 0 Å². The zero-order valence-electron chi connectivity index (χ0n) is 12.5. The SMILES string of the molecule is Cc1ccccc1Nc1cc(NCc2ccccc2)ncn1. The highest BCUT2D eigenvalue weighted by Crippen LogP contribution is 2.19. The molecule has 22 heavy (non-hydrogen) atoms. The number of para-hydroxylation sites is 1. The van der Waals surface area contributed by atoms with Gasteiger partial charge in [0.25, 0.3) is 0 Å². The van der Waals surface area contributed by atoms with Gasteiger partial charge in [0.1, 0.15) is 18.0 Å². The largest absolute Gasteiger partial charge is 0.366 e. The van der Waals surface area contributed by atoms with Crippen molar-refractivity contribution in [2.75, 3.05) is 10.6 Å². The molecule has 4 heteroatoms. The molecule has 1 heterocycles. The molecule has 0 spiro atoms. The highest BCUT2D eigenvalue weighted by Gasteiger charge is 2.01. The number of anilines is 3. The average molecular weight is 290 g/mol. The van der Waals surface area contributed by atoms with Crippen LogP contribution < -0.4 is 10.6 Å². The fourth-order valence-electron chi connectivity index (χ4n) is 2.16. The molecule has 0 saturated heterocycles. The van der Waals surface area contributed by atoms with Crippen LogP contribution >= 0.6 is 0 Å². The van der Waals surface area contributed by atoms with Crippen molar-refractivity contribution in [2.24, 2.45) is 0 Å². The Morgan fingerprint density at radius 1 is 0.864 bits per heavy atom. The zero-order chi connectivity index (χ0) is 15.2. The van der Waals surface area contributed by atoms with Crippen molar-refractivity contribution in [2.45, 2.75) is 13.5 Å². The van der Waals surface area contributed by atoms with Crippen molar-refractivity contribution >= 4 is 17.3 Å². The van der Waals surface area contributed by atoms with E-state index in [-0.39, 0.29) is 0 Å². The number of hydrogen-bond acceptors (Lipinski definition) is 4. The number of rotatable bonds is 5. The number of benzene rings is 2. The predicted molar refractivity (Wildman–Crippen MR) is 90.3 cm³/mol. The summed E-state index contributed by atoms with van der Waals surface area (Å²) in [6.07, 6.45) is 1.56. The number of nitrogens with zero attached hydrogens (tertiary/aromatic N) is 2. The minimum absolute atomic E-state index is 0.738. The van der Waals surface area contributed by atoms with Crippen molar-refractivity contribution in [3.8, 4) is 0 Å². The van der Waals surface area contributed by atoms with Gasteiger partial charge < -0.3 is 10.6 Å². The van der Waals surface area contributed by atoms with Crippen LogP contribution in [0.25, 0.3) is 0 Å². The highest BCUT2D eigenvalue weighted by atomic mass is 15.1. The Bertz CT molecular complexity index is 741. The monoisotopic (exact) mass is 290 g/mol. The number of aryl methyl sites for hydroxylation is 1. The van der Waals surface area contributed by atoms with Crippen LogP contribution in [-0.4, -0.2) is 9.97 Å². The topological polar surface area (TPSA) is 49.8 Å². The summed E-state index contributed by atoms with van der Waals surface area (Å²) >= 11 is 0. The van der Waals surface area contributed by atoms with Gasteiger partial charge in [-0.15, -0.1) is 0 Å². The quantitative estimate of drug-likeness (QED) is 0.741. The lowest BCUT2D eigenvalue weighted by molar-refractivity contribution is 1.08. The van der Waals surface area contributed by atoms with Crippen LogP contribution in [0.3, 0.4) is 0 Å². The number of nitrogens with one attached hydrogen (secondary N) is 2. The lowest BCUT2D eigenvalue weighted by atomic mass is 10.2. The summed E-state index contributed by atoms with van der Waals surface area (Å²) in [5.41, 5.74) is 3.45. The Labute approximate surface area is 130 Å². The molecule has 4 nitrogen and oxygen atoms in total. The van der Waals surface area contributed by atoms with E-state index in [1.54, 1.807) is 6.33 Å². The van der Waals surface area contributed by atoms with Gasteiger partial charge in [0.2, 0.25) is 0 Å². The van der Waals surface area contributed by atoms with Crippen LogP contribution in [0.4, 0.5) is 17.3 Å². The molecule has 0 aliphatic rings. The standard InChI is InChI=1S/C18H18N4/c1-14-7-5-6-10-16(14)22-18-11-17(20-13-21-18)19-12-15-8-3-2-4-9-15/h2-11,13H,12H2,1H3,(H2,19,20,21,22). The Morgan fingerprint density at radius 3 is 2.41 bits per heavy atom. The lowest BCUT2D eigenvalue weighted by Gasteiger charge is -2.10. The third-order valence-corrected chi connectivity index (χ3v) is 3.39. The molecular formula is C18H18N4. The van der Waals surface area contributed by atoms with E-state index in [2.05, 4.69) is 45.7 Å². The van der Waals surface area contributed by atoms with Gasteiger partial charge >= 0.3 is 0 Å². The highest BCUT2D eigenvalue weighted by molar-refractivity contribution is 5.61. The third kappa shape index (κ3) is 3.61. The van der Waals surface area contributed by atoms with E-state index in [1.165, 1.54) is 11.1 Å². The van der Waals surface area contributed by atoms with Gasteiger partial charge in [-0.05, 0) is 24.1 Å². The van der Waals surface area contributed by atoms with E-state index in [1.807, 2.05) is 42.5 Å². The molecule has 0 aliphatic carbocycles. The third-order valence-electron chi connectivity index (χ3n) is 3.39. The summed E-state index contributed by atoms with van der Waals surface area (Å²) in [6, 6.07) is 20.3. The Morgan fingerprint density at radius 2 is 1.59 bits per heavy atom. The molecule has 0 unspecified atom stereocenters. The van der Waals surface area contributed by atoms with E-state index < -0.39 is 0 Å². The molecule has 1 aromatic heterocycles. The maximum atomic E-state index is 4.27. The maximum absolute atomic E-state index is 4.27. The van der Waals surface area contributed by atoms with Crippen molar-refractivity contribution in [1.82, 2.24) is 9.97 Å². The molecule has 2 N–H and O–H groups in total. The summed E-state index contributed by atoms with van der Waals surface area (Å²) < 4.78 is 0. The molecule has 0 fully saturated rings. The molecule has 2 aromatic carbocycles. The van der Waals surface area contributed by atoms with E-state index in [0.717, 1.165) is 23.9 Å². The van der Waals surface area contributed by atoms with Crippen LogP contribution in [0.1, 0.15) is 11.1 Å². The summed E-state index contributed by atoms with van der Waals surface area (Å²) in [7, 11) is 0. The second kappa shape index (κ2) is 6.72. The van der Waals surface area contributed by atoms with E-state index in [0.29, 0.717) is 0 Å². The smallest absolute Gasteiger partial charge is 0.135 e. The van der Waals surface area contributed by atoms with Crippen molar-refractivity contribution in [1.29, 1.82) is 0 Å². The van der Waals surface area contributed by atoms with Gasteiger partial charge in [0, 0.05) is 18.3 Å². The first kappa shape index (κ1) is 14.1. The lowest BCUT2D eigenvalue weighted by Crippen LogP contribution is -2.03. The fraction of sp³-hybridized carbons (Fsp3) is 0.111. The van der Waals surface area contributed by atoms with Crippen LogP contribution in [0, 0.1) is 6.92 Å². The second-order valence-electron chi connectivity index (χ2n) is 5.07. The molecule has 0 saturated carbocycles. The van der Waals surface area contributed by atoms with E-state index in [4.69, 9.17) is 0 Å². The van der Waals surface area contributed by atoms with Gasteiger partial charge in [0.15, 0.2) is 0 Å². The van der Waals surface area contributed by atoms with Gasteiger partial charge in [-0.2, -0.15) is 0 Å². The molecule has 110 valence electrons. The minimum Gasteiger partial charge on any atom is -0.366 e. The van der Waals surface area contributed by atoms with Crippen molar-refractivity contribution in [3.05, 3.63) is 78.1 Å². The van der Waals surface area contributed by atoms with Gasteiger partial charge in [-0.25, -0.2) is 9.97 Å². The van der Waals surface area contributed by atoms with Crippen LogP contribution in [0.5, 0.6) is 0 Å². The summed E-state index contributed by atoms with van der Waals surface area (Å²) in [5, 5.41) is 6.63. The van der Waals surface area contributed by atoms with Crippen molar-refractivity contribution in [3.63, 3.8) is 0 Å². The molecule has 0 atom stereocenters. The average Bonchev–Trinajstić information content (AvgIpc) is 2.57. The molecule has 0 radical (unpaired) electrons. The molecular weight excluding hydrogens is 272 g/mol. The molecule has 0 aliphatic heterocycles. The maximum Gasteiger partial charge on any atom is 0.135 e. The van der Waals surface area contributed by atoms with Crippen LogP contribution in [0.2, 0.25) is 0 Å². The molecule has 0 amide bonds. The van der Waals surface area contributed by atoms with Crippen molar-refractivity contribution < 1.29 is 0 Å². The van der Waals surface area contributed by atoms with E-state index in [9.17, 15) is 0 Å². The Kier molecular flexibility index (Phi) is 4.30. The first-order chi connectivity index (χ1) is 10.8. The summed E-state index contributed by atoms with van der Waals surface area (Å²) in [6.45, 7) is 2.81. The number of aromatic nitrogens is 2. The number of hydrogen-bond donors (Lipinski definition) is 2. The van der Waals surface area contributed by atoms with Gasteiger partial charge in [-0.1, -0.05) is 48.5 Å². The fourth-order valence-corrected chi connectivity index (χ4v) is 2.16. The first-order valence-electron chi connectivity index (χ1n) is 7.24. The molecule has 3 aromatic rings. The molecule has 0 bridgehead atoms. The van der Waals surface area contributed by atoms with Gasteiger partial charge in [-0.3, -0.25) is 0 Å². The summed E-state index contributed by atoms with van der Waals surface area (Å²) in [4.78, 5) is 8.52. The van der Waals surface area contributed by atoms with Crippen LogP contribution in [-0.2, 0) is 6.54 Å².